The van der Waals surface area contributed by atoms with Gasteiger partial charge in [0.2, 0.25) is 0 Å². The highest BCUT2D eigenvalue weighted by molar-refractivity contribution is 5.95. The first-order chi connectivity index (χ1) is 13.8. The van der Waals surface area contributed by atoms with Gasteiger partial charge in [0.15, 0.2) is 0 Å². The van der Waals surface area contributed by atoms with E-state index >= 15 is 0 Å². The molecule has 4 heteroatoms. The summed E-state index contributed by atoms with van der Waals surface area (Å²) >= 11 is 0. The molecule has 0 aliphatic heterocycles. The molecule has 0 saturated carbocycles. The number of rotatable bonds is 6. The fourth-order valence-corrected chi connectivity index (χ4v) is 3.34. The van der Waals surface area contributed by atoms with Crippen molar-refractivity contribution in [2.45, 2.75) is 19.8 Å². The number of unbranched alkanes of at least 4 members (excludes halogenated alkanes) is 1. The summed E-state index contributed by atoms with van der Waals surface area (Å²) in [4.78, 5) is 20.7. The van der Waals surface area contributed by atoms with Crippen LogP contribution in [0.1, 0.15) is 19.8 Å². The lowest BCUT2D eigenvalue weighted by Crippen LogP contribution is -2.13. The van der Waals surface area contributed by atoms with Crippen molar-refractivity contribution in [2.24, 2.45) is 0 Å². The summed E-state index contributed by atoms with van der Waals surface area (Å²) in [6, 6.07) is 24.0. The van der Waals surface area contributed by atoms with Gasteiger partial charge >= 0.3 is 0 Å². The SMILES string of the molecule is CCCCNc1nc(-c2ccccc2)cc2cc(-c3ccccc3)[nH]c(=O)c12. The fourth-order valence-electron chi connectivity index (χ4n) is 3.34. The number of aromatic nitrogens is 2. The predicted molar refractivity (Wildman–Crippen MR) is 117 cm³/mol. The minimum atomic E-state index is -0.123. The van der Waals surface area contributed by atoms with Crippen LogP contribution in [0.15, 0.2) is 77.6 Å². The molecule has 140 valence electrons. The van der Waals surface area contributed by atoms with Gasteiger partial charge in [0, 0.05) is 17.8 Å². The third kappa shape index (κ3) is 3.67. The predicted octanol–water partition coefficient (Wildman–Crippen LogP) is 5.47. The van der Waals surface area contributed by atoms with Crippen LogP contribution in [-0.2, 0) is 0 Å². The zero-order valence-corrected chi connectivity index (χ0v) is 15.9. The fraction of sp³-hybridized carbons (Fsp3) is 0.167. The normalized spacial score (nSPS) is 10.9. The zero-order chi connectivity index (χ0) is 19.3. The van der Waals surface area contributed by atoms with E-state index in [0.717, 1.165) is 47.3 Å². The van der Waals surface area contributed by atoms with Crippen LogP contribution in [0.2, 0.25) is 0 Å². The summed E-state index contributed by atoms with van der Waals surface area (Å²) in [5.41, 5.74) is 3.56. The van der Waals surface area contributed by atoms with Gasteiger partial charge in [-0.2, -0.15) is 0 Å². The van der Waals surface area contributed by atoms with Crippen molar-refractivity contribution in [1.29, 1.82) is 0 Å². The number of H-pyrrole nitrogens is 1. The van der Waals surface area contributed by atoms with Crippen LogP contribution in [0.5, 0.6) is 0 Å². The molecular formula is C24H23N3O. The molecule has 2 N–H and O–H groups in total. The summed E-state index contributed by atoms with van der Waals surface area (Å²) in [6.07, 6.45) is 2.11. The van der Waals surface area contributed by atoms with Crippen LogP contribution in [0.25, 0.3) is 33.3 Å². The lowest BCUT2D eigenvalue weighted by atomic mass is 10.0. The molecule has 0 unspecified atom stereocenters. The number of anilines is 1. The molecule has 2 aromatic heterocycles. The highest BCUT2D eigenvalue weighted by Crippen LogP contribution is 2.28. The molecule has 0 amide bonds. The van der Waals surface area contributed by atoms with E-state index in [1.54, 1.807) is 0 Å². The summed E-state index contributed by atoms with van der Waals surface area (Å²) in [7, 11) is 0. The number of nitrogens with zero attached hydrogens (tertiary/aromatic N) is 1. The largest absolute Gasteiger partial charge is 0.369 e. The summed E-state index contributed by atoms with van der Waals surface area (Å²) in [6.45, 7) is 2.93. The van der Waals surface area contributed by atoms with Crippen molar-refractivity contribution in [2.75, 3.05) is 11.9 Å². The van der Waals surface area contributed by atoms with Crippen LogP contribution in [0, 0.1) is 0 Å². The Labute approximate surface area is 164 Å². The molecule has 0 saturated heterocycles. The van der Waals surface area contributed by atoms with Crippen LogP contribution >= 0.6 is 0 Å². The average Bonchev–Trinajstić information content (AvgIpc) is 2.74. The van der Waals surface area contributed by atoms with Crippen molar-refractivity contribution in [1.82, 2.24) is 9.97 Å². The van der Waals surface area contributed by atoms with Crippen LogP contribution < -0.4 is 10.9 Å². The van der Waals surface area contributed by atoms with E-state index in [-0.39, 0.29) is 5.56 Å². The van der Waals surface area contributed by atoms with Gasteiger partial charge in [-0.1, -0.05) is 74.0 Å². The smallest absolute Gasteiger partial charge is 0.260 e. The van der Waals surface area contributed by atoms with E-state index in [1.165, 1.54) is 0 Å². The summed E-state index contributed by atoms with van der Waals surface area (Å²) in [5, 5.41) is 4.86. The molecular weight excluding hydrogens is 346 g/mol. The number of hydrogen-bond acceptors (Lipinski definition) is 3. The summed E-state index contributed by atoms with van der Waals surface area (Å²) < 4.78 is 0. The molecule has 0 radical (unpaired) electrons. The molecule has 0 spiro atoms. The average molecular weight is 369 g/mol. The molecule has 0 bridgehead atoms. The van der Waals surface area contributed by atoms with E-state index < -0.39 is 0 Å². The van der Waals surface area contributed by atoms with Crippen molar-refractivity contribution in [3.8, 4) is 22.5 Å². The molecule has 2 aromatic carbocycles. The van der Waals surface area contributed by atoms with E-state index in [9.17, 15) is 4.79 Å². The molecule has 2 heterocycles. The van der Waals surface area contributed by atoms with Gasteiger partial charge in [0.25, 0.3) is 5.56 Å². The topological polar surface area (TPSA) is 57.8 Å². The number of fused-ring (bicyclic) bond motifs is 1. The first kappa shape index (κ1) is 18.0. The van der Waals surface area contributed by atoms with E-state index in [1.807, 2.05) is 72.8 Å². The Morgan fingerprint density at radius 1 is 0.929 bits per heavy atom. The Balaban J connectivity index is 1.91. The van der Waals surface area contributed by atoms with Crippen molar-refractivity contribution in [3.63, 3.8) is 0 Å². The van der Waals surface area contributed by atoms with Gasteiger partial charge in [-0.3, -0.25) is 4.79 Å². The van der Waals surface area contributed by atoms with E-state index in [0.29, 0.717) is 11.2 Å². The standard InChI is InChI=1S/C24H23N3O/c1-2-3-14-25-23-22-19(15-20(26-23)17-10-6-4-7-11-17)16-21(27-24(22)28)18-12-8-5-9-13-18/h4-13,15-16H,2-3,14H2,1H3,(H,25,26)(H,27,28). The number of nitrogens with one attached hydrogen (secondary N) is 2. The second-order valence-electron chi connectivity index (χ2n) is 6.84. The van der Waals surface area contributed by atoms with E-state index in [4.69, 9.17) is 4.98 Å². The highest BCUT2D eigenvalue weighted by atomic mass is 16.1. The van der Waals surface area contributed by atoms with Crippen molar-refractivity contribution in [3.05, 3.63) is 83.2 Å². The van der Waals surface area contributed by atoms with Crippen LogP contribution in [-0.4, -0.2) is 16.5 Å². The number of hydrogen-bond donors (Lipinski definition) is 2. The van der Waals surface area contributed by atoms with Crippen LogP contribution in [0.3, 0.4) is 0 Å². The maximum absolute atomic E-state index is 12.9. The highest BCUT2D eigenvalue weighted by Gasteiger charge is 2.13. The monoisotopic (exact) mass is 369 g/mol. The minimum absolute atomic E-state index is 0.123. The Hall–Kier alpha value is -3.40. The Morgan fingerprint density at radius 2 is 1.61 bits per heavy atom. The summed E-state index contributed by atoms with van der Waals surface area (Å²) in [5.74, 6) is 0.644. The molecule has 4 rings (SSSR count). The van der Waals surface area contributed by atoms with Gasteiger partial charge < -0.3 is 10.3 Å². The first-order valence-corrected chi connectivity index (χ1v) is 9.69. The van der Waals surface area contributed by atoms with Gasteiger partial charge in [0.05, 0.1) is 11.1 Å². The number of benzene rings is 2. The Bertz CT molecular complexity index is 1130. The second-order valence-corrected chi connectivity index (χ2v) is 6.84. The molecule has 28 heavy (non-hydrogen) atoms. The molecule has 0 aliphatic rings. The molecule has 0 atom stereocenters. The molecule has 4 nitrogen and oxygen atoms in total. The molecule has 0 aliphatic carbocycles. The maximum atomic E-state index is 12.9. The number of pyridine rings is 2. The Kier molecular flexibility index (Phi) is 5.20. The third-order valence-electron chi connectivity index (χ3n) is 4.80. The van der Waals surface area contributed by atoms with Crippen LogP contribution in [0.4, 0.5) is 5.82 Å². The molecule has 4 aromatic rings. The second kappa shape index (κ2) is 8.09. The lowest BCUT2D eigenvalue weighted by molar-refractivity contribution is 0.832. The van der Waals surface area contributed by atoms with E-state index in [2.05, 4.69) is 17.2 Å². The number of aromatic amines is 1. The van der Waals surface area contributed by atoms with Crippen molar-refractivity contribution < 1.29 is 0 Å². The van der Waals surface area contributed by atoms with Gasteiger partial charge in [-0.05, 0) is 29.5 Å². The quantitative estimate of drug-likeness (QED) is 0.443. The Morgan fingerprint density at radius 3 is 2.29 bits per heavy atom. The van der Waals surface area contributed by atoms with Gasteiger partial charge in [0.1, 0.15) is 5.82 Å². The third-order valence-corrected chi connectivity index (χ3v) is 4.80. The van der Waals surface area contributed by atoms with Gasteiger partial charge in [-0.25, -0.2) is 4.98 Å². The van der Waals surface area contributed by atoms with Gasteiger partial charge in [-0.15, -0.1) is 0 Å². The molecule has 0 fully saturated rings. The maximum Gasteiger partial charge on any atom is 0.260 e. The first-order valence-electron chi connectivity index (χ1n) is 9.69. The lowest BCUT2D eigenvalue weighted by Gasteiger charge is -2.12. The zero-order valence-electron chi connectivity index (χ0n) is 15.9. The minimum Gasteiger partial charge on any atom is -0.369 e. The van der Waals surface area contributed by atoms with Crippen molar-refractivity contribution >= 4 is 16.6 Å².